The third-order valence-corrected chi connectivity index (χ3v) is 8.03. The Labute approximate surface area is 205 Å². The number of β-amino-alcohol motifs (C(OH)–C–C–N with tert-alkyl or cyclic N) is 1. The number of nitrogens with zero attached hydrogens (tertiary/aromatic N) is 1. The van der Waals surface area contributed by atoms with E-state index in [1.807, 2.05) is 48.5 Å². The van der Waals surface area contributed by atoms with Gasteiger partial charge in [0.05, 0.1) is 4.90 Å². The topological polar surface area (TPSA) is 80.0 Å². The molecule has 0 spiro atoms. The van der Waals surface area contributed by atoms with Gasteiger partial charge in [-0.3, -0.25) is 0 Å². The summed E-state index contributed by atoms with van der Waals surface area (Å²) < 4.78 is 38.9. The largest absolute Gasteiger partial charge is 0.491 e. The number of aliphatic hydroxyl groups is 1. The summed E-state index contributed by atoms with van der Waals surface area (Å²) in [6, 6.07) is 23.0. The lowest BCUT2D eigenvalue weighted by molar-refractivity contribution is 0.0617. The lowest BCUT2D eigenvalue weighted by Crippen LogP contribution is -2.38. The fourth-order valence-electron chi connectivity index (χ4n) is 4.60. The average Bonchev–Trinajstić information content (AvgIpc) is 3.29. The molecule has 1 aliphatic heterocycles. The number of likely N-dealkylation sites (tertiary alicyclic amines) is 1. The number of para-hydroxylation sites is 1. The van der Waals surface area contributed by atoms with Gasteiger partial charge in [0.25, 0.3) is 0 Å². The maximum atomic E-state index is 13.6. The highest BCUT2D eigenvalue weighted by atomic mass is 32.2. The van der Waals surface area contributed by atoms with Crippen LogP contribution in [0.1, 0.15) is 19.3 Å². The van der Waals surface area contributed by atoms with E-state index in [1.54, 1.807) is 18.2 Å². The zero-order chi connectivity index (χ0) is 24.3. The Balaban J connectivity index is 1.36. The van der Waals surface area contributed by atoms with Crippen molar-refractivity contribution >= 4 is 20.8 Å². The number of benzene rings is 3. The molecule has 1 aliphatic rings. The van der Waals surface area contributed by atoms with Crippen LogP contribution in [-0.4, -0.2) is 50.8 Å². The summed E-state index contributed by atoms with van der Waals surface area (Å²) in [4.78, 5) is 2.38. The Morgan fingerprint density at radius 3 is 2.31 bits per heavy atom. The third kappa shape index (κ3) is 5.12. The van der Waals surface area contributed by atoms with Crippen molar-refractivity contribution in [2.75, 3.05) is 26.2 Å². The minimum atomic E-state index is -3.93. The number of sulfone groups is 1. The smallest absolute Gasteiger partial charge is 0.240 e. The highest BCUT2D eigenvalue weighted by Crippen LogP contribution is 2.39. The minimum absolute atomic E-state index is 0.0736. The summed E-state index contributed by atoms with van der Waals surface area (Å²) in [5.74, 6) is 0.509. The molecule has 4 aromatic rings. The molecule has 2 heterocycles. The molecule has 1 fully saturated rings. The predicted octanol–water partition coefficient (Wildman–Crippen LogP) is 5.16. The highest BCUT2D eigenvalue weighted by molar-refractivity contribution is 7.91. The first kappa shape index (κ1) is 23.6. The van der Waals surface area contributed by atoms with Crippen LogP contribution in [0.25, 0.3) is 22.1 Å². The molecule has 7 heteroatoms. The van der Waals surface area contributed by atoms with Crippen molar-refractivity contribution in [3.63, 3.8) is 0 Å². The maximum absolute atomic E-state index is 13.6. The van der Waals surface area contributed by atoms with Gasteiger partial charge in [0.1, 0.15) is 24.0 Å². The normalized spacial score (nSPS) is 15.8. The number of piperidine rings is 1. The standard InChI is InChI=1S/C28H29NO5S/c30-22(19-29-17-7-2-8-18-29)20-33-23-13-15-24(16-14-23)35(31,32)28-27(21-9-3-1-4-10-21)25-11-5-6-12-26(25)34-28/h1,3-6,9-16,22,30H,2,7-8,17-20H2. The monoisotopic (exact) mass is 491 g/mol. The van der Waals surface area contributed by atoms with Gasteiger partial charge in [0.2, 0.25) is 14.9 Å². The molecule has 0 radical (unpaired) electrons. The minimum Gasteiger partial charge on any atom is -0.491 e. The van der Waals surface area contributed by atoms with Crippen molar-refractivity contribution in [2.45, 2.75) is 35.4 Å². The number of hydrogen-bond donors (Lipinski definition) is 1. The number of fused-ring (bicyclic) bond motifs is 1. The summed E-state index contributed by atoms with van der Waals surface area (Å²) in [6.07, 6.45) is 2.99. The molecule has 0 amide bonds. The van der Waals surface area contributed by atoms with Gasteiger partial charge in [-0.1, -0.05) is 55.0 Å². The molecule has 1 N–H and O–H groups in total. The third-order valence-electron chi connectivity index (χ3n) is 6.36. The van der Waals surface area contributed by atoms with Gasteiger partial charge in [-0.25, -0.2) is 8.42 Å². The molecule has 0 aliphatic carbocycles. The Morgan fingerprint density at radius 1 is 0.886 bits per heavy atom. The van der Waals surface area contributed by atoms with Crippen molar-refractivity contribution in [2.24, 2.45) is 0 Å². The zero-order valence-electron chi connectivity index (χ0n) is 19.5. The molecule has 182 valence electrons. The van der Waals surface area contributed by atoms with Crippen LogP contribution in [0, 0.1) is 0 Å². The van der Waals surface area contributed by atoms with Crippen LogP contribution in [-0.2, 0) is 9.84 Å². The second-order valence-corrected chi connectivity index (χ2v) is 10.8. The van der Waals surface area contributed by atoms with Crippen LogP contribution in [0.15, 0.2) is 93.3 Å². The van der Waals surface area contributed by atoms with Gasteiger partial charge >= 0.3 is 0 Å². The summed E-state index contributed by atoms with van der Waals surface area (Å²) in [7, 11) is -3.93. The van der Waals surface area contributed by atoms with E-state index in [0.29, 0.717) is 23.4 Å². The van der Waals surface area contributed by atoms with Gasteiger partial charge in [-0.05, 0) is 61.8 Å². The molecule has 35 heavy (non-hydrogen) atoms. The Hall–Kier alpha value is -3.13. The van der Waals surface area contributed by atoms with E-state index in [4.69, 9.17) is 9.15 Å². The van der Waals surface area contributed by atoms with E-state index in [1.165, 1.54) is 31.4 Å². The van der Waals surface area contributed by atoms with Crippen LogP contribution < -0.4 is 4.74 Å². The van der Waals surface area contributed by atoms with Crippen LogP contribution in [0.4, 0.5) is 0 Å². The van der Waals surface area contributed by atoms with E-state index in [-0.39, 0.29) is 16.6 Å². The molecule has 1 atom stereocenters. The van der Waals surface area contributed by atoms with E-state index in [2.05, 4.69) is 4.90 Å². The summed E-state index contributed by atoms with van der Waals surface area (Å²) in [5, 5.41) is 11.0. The van der Waals surface area contributed by atoms with E-state index >= 15 is 0 Å². The lowest BCUT2D eigenvalue weighted by atomic mass is 10.1. The van der Waals surface area contributed by atoms with Gasteiger partial charge in [0, 0.05) is 17.5 Å². The van der Waals surface area contributed by atoms with Crippen LogP contribution in [0.2, 0.25) is 0 Å². The number of furan rings is 1. The summed E-state index contributed by atoms with van der Waals surface area (Å²) in [6.45, 7) is 2.76. The molecular formula is C28H29NO5S. The van der Waals surface area contributed by atoms with Crippen molar-refractivity contribution in [3.8, 4) is 16.9 Å². The molecule has 1 saturated heterocycles. The SMILES string of the molecule is O=S(=O)(c1ccc(OCC(O)CN2CCCCC2)cc1)c1oc2ccccc2c1-c1ccccc1. The Morgan fingerprint density at radius 2 is 1.57 bits per heavy atom. The van der Waals surface area contributed by atoms with Gasteiger partial charge in [-0.15, -0.1) is 0 Å². The first-order valence-corrected chi connectivity index (χ1v) is 13.5. The van der Waals surface area contributed by atoms with Crippen LogP contribution in [0.3, 0.4) is 0 Å². The molecule has 5 rings (SSSR count). The summed E-state index contributed by atoms with van der Waals surface area (Å²) in [5.41, 5.74) is 1.86. The van der Waals surface area contributed by atoms with Crippen molar-refractivity contribution in [3.05, 3.63) is 78.9 Å². The quantitative estimate of drug-likeness (QED) is 0.367. The van der Waals surface area contributed by atoms with E-state index in [9.17, 15) is 13.5 Å². The first-order chi connectivity index (χ1) is 17.0. The first-order valence-electron chi connectivity index (χ1n) is 12.0. The van der Waals surface area contributed by atoms with Gasteiger partial charge in [0.15, 0.2) is 0 Å². The average molecular weight is 492 g/mol. The molecular weight excluding hydrogens is 462 g/mol. The molecule has 1 unspecified atom stereocenters. The Kier molecular flexibility index (Phi) is 6.90. The van der Waals surface area contributed by atoms with Gasteiger partial charge in [-0.2, -0.15) is 0 Å². The molecule has 1 aromatic heterocycles. The van der Waals surface area contributed by atoms with Crippen LogP contribution in [0.5, 0.6) is 5.75 Å². The van der Waals surface area contributed by atoms with Crippen molar-refractivity contribution in [1.82, 2.24) is 4.90 Å². The van der Waals surface area contributed by atoms with Crippen molar-refractivity contribution < 1.29 is 22.7 Å². The predicted molar refractivity (Wildman–Crippen MR) is 135 cm³/mol. The van der Waals surface area contributed by atoms with Gasteiger partial charge < -0.3 is 19.2 Å². The zero-order valence-corrected chi connectivity index (χ0v) is 20.3. The second-order valence-electron chi connectivity index (χ2n) is 8.93. The second kappa shape index (κ2) is 10.2. The van der Waals surface area contributed by atoms with Crippen LogP contribution >= 0.6 is 0 Å². The maximum Gasteiger partial charge on any atom is 0.240 e. The van der Waals surface area contributed by atoms with E-state index in [0.717, 1.165) is 24.0 Å². The van der Waals surface area contributed by atoms with Crippen molar-refractivity contribution in [1.29, 1.82) is 0 Å². The number of hydrogen-bond acceptors (Lipinski definition) is 6. The number of aliphatic hydroxyl groups excluding tert-OH is 1. The summed E-state index contributed by atoms with van der Waals surface area (Å²) >= 11 is 0. The van der Waals surface area contributed by atoms with E-state index < -0.39 is 15.9 Å². The molecule has 3 aromatic carbocycles. The molecule has 6 nitrogen and oxygen atoms in total. The number of ether oxygens (including phenoxy) is 1. The number of rotatable bonds is 8. The molecule has 0 saturated carbocycles. The Bertz CT molecular complexity index is 1370. The highest BCUT2D eigenvalue weighted by Gasteiger charge is 2.29. The fraction of sp³-hybridized carbons (Fsp3) is 0.286. The lowest BCUT2D eigenvalue weighted by Gasteiger charge is -2.28. The fourth-order valence-corrected chi connectivity index (χ4v) is 6.00. The molecule has 0 bridgehead atoms.